The van der Waals surface area contributed by atoms with Crippen LogP contribution in [0.25, 0.3) is 0 Å². The van der Waals surface area contributed by atoms with Gasteiger partial charge in [-0.05, 0) is 0 Å². The Morgan fingerprint density at radius 2 is 1.11 bits per heavy atom. The Morgan fingerprint density at radius 1 is 0.842 bits per heavy atom. The lowest BCUT2D eigenvalue weighted by atomic mass is 9.80. The molecular weight excluding hydrogens is 260 g/mol. The van der Waals surface area contributed by atoms with Crippen LogP contribution >= 0.6 is 0 Å². The summed E-state index contributed by atoms with van der Waals surface area (Å²) in [5, 5.41) is 18.5. The number of carbonyl (C=O) groups is 2. The van der Waals surface area contributed by atoms with Crippen molar-refractivity contribution < 1.29 is 38.7 Å². The van der Waals surface area contributed by atoms with Gasteiger partial charge in [-0.15, -0.1) is 0 Å². The minimum absolute atomic E-state index is 0.367. The molecule has 0 spiro atoms. The van der Waals surface area contributed by atoms with Crippen LogP contribution in [0.4, 0.5) is 0 Å². The Balaban J connectivity index is 5.30. The molecule has 0 aliphatic carbocycles. The standard InChI is InChI=1S/C11H20O8/c1-16-7(17-2)5-11(9(12)13,10(14)15)6-8(18-3)19-4/h7-8H,5-6H2,1-4H3,(H,12,13)(H,14,15). The van der Waals surface area contributed by atoms with E-state index in [2.05, 4.69) is 0 Å². The second-order valence-electron chi connectivity index (χ2n) is 3.90. The van der Waals surface area contributed by atoms with Gasteiger partial charge in [0.1, 0.15) is 0 Å². The molecule has 0 atom stereocenters. The van der Waals surface area contributed by atoms with Crippen molar-refractivity contribution in [3.8, 4) is 0 Å². The summed E-state index contributed by atoms with van der Waals surface area (Å²) in [6, 6.07) is 0. The van der Waals surface area contributed by atoms with Gasteiger partial charge in [0.05, 0.1) is 0 Å². The van der Waals surface area contributed by atoms with Gasteiger partial charge in [-0.3, -0.25) is 9.59 Å². The fraction of sp³-hybridized carbons (Fsp3) is 0.818. The summed E-state index contributed by atoms with van der Waals surface area (Å²) < 4.78 is 19.5. The van der Waals surface area contributed by atoms with E-state index in [0.717, 1.165) is 0 Å². The zero-order chi connectivity index (χ0) is 15.1. The number of ether oxygens (including phenoxy) is 4. The lowest BCUT2D eigenvalue weighted by Crippen LogP contribution is -2.45. The van der Waals surface area contributed by atoms with E-state index in [1.54, 1.807) is 0 Å². The molecule has 0 rings (SSSR count). The second-order valence-corrected chi connectivity index (χ2v) is 3.90. The SMILES string of the molecule is COC(CC(CC(OC)OC)(C(=O)O)C(=O)O)OC. The van der Waals surface area contributed by atoms with E-state index >= 15 is 0 Å². The van der Waals surface area contributed by atoms with Crippen LogP contribution < -0.4 is 0 Å². The first-order valence-electron chi connectivity index (χ1n) is 5.45. The Morgan fingerprint density at radius 3 is 1.26 bits per heavy atom. The highest BCUT2D eigenvalue weighted by Gasteiger charge is 2.50. The molecule has 0 fully saturated rings. The van der Waals surface area contributed by atoms with Crippen LogP contribution in [0.1, 0.15) is 12.8 Å². The van der Waals surface area contributed by atoms with Crippen LogP contribution in [0.2, 0.25) is 0 Å². The number of carboxylic acid groups (broad SMARTS) is 2. The summed E-state index contributed by atoms with van der Waals surface area (Å²) in [7, 11) is 5.19. The number of hydrogen-bond acceptors (Lipinski definition) is 6. The van der Waals surface area contributed by atoms with E-state index in [-0.39, 0.29) is 12.8 Å². The third-order valence-electron chi connectivity index (χ3n) is 2.90. The van der Waals surface area contributed by atoms with Crippen molar-refractivity contribution in [3.63, 3.8) is 0 Å². The summed E-state index contributed by atoms with van der Waals surface area (Å²) in [5.41, 5.74) is -2.12. The van der Waals surface area contributed by atoms with E-state index in [1.165, 1.54) is 28.4 Å². The van der Waals surface area contributed by atoms with E-state index in [9.17, 15) is 19.8 Å². The summed E-state index contributed by atoms with van der Waals surface area (Å²) >= 11 is 0. The quantitative estimate of drug-likeness (QED) is 0.430. The smallest absolute Gasteiger partial charge is 0.321 e. The molecule has 0 aromatic rings. The van der Waals surface area contributed by atoms with Gasteiger partial charge in [-0.1, -0.05) is 0 Å². The molecule has 8 heteroatoms. The number of aliphatic carboxylic acids is 2. The zero-order valence-electron chi connectivity index (χ0n) is 11.4. The largest absolute Gasteiger partial charge is 0.480 e. The van der Waals surface area contributed by atoms with Crippen LogP contribution in [0.3, 0.4) is 0 Å². The predicted molar refractivity (Wildman–Crippen MR) is 62.6 cm³/mol. The van der Waals surface area contributed by atoms with E-state index < -0.39 is 29.9 Å². The first-order valence-corrected chi connectivity index (χ1v) is 5.45. The van der Waals surface area contributed by atoms with Crippen molar-refractivity contribution in [1.82, 2.24) is 0 Å². The highest BCUT2D eigenvalue weighted by atomic mass is 16.7. The van der Waals surface area contributed by atoms with Crippen LogP contribution in [0, 0.1) is 5.41 Å². The topological polar surface area (TPSA) is 112 Å². The molecule has 0 amide bonds. The lowest BCUT2D eigenvalue weighted by molar-refractivity contribution is -0.192. The van der Waals surface area contributed by atoms with Crippen LogP contribution in [0.5, 0.6) is 0 Å². The maximum Gasteiger partial charge on any atom is 0.321 e. The molecule has 112 valence electrons. The molecule has 0 radical (unpaired) electrons. The number of methoxy groups -OCH3 is 4. The van der Waals surface area contributed by atoms with Gasteiger partial charge < -0.3 is 29.2 Å². The minimum Gasteiger partial charge on any atom is -0.480 e. The second kappa shape index (κ2) is 8.05. The molecule has 0 aliphatic rings. The van der Waals surface area contributed by atoms with Crippen molar-refractivity contribution >= 4 is 11.9 Å². The molecule has 0 unspecified atom stereocenters. The van der Waals surface area contributed by atoms with Gasteiger partial charge in [0.2, 0.25) is 0 Å². The van der Waals surface area contributed by atoms with Crippen LogP contribution in [-0.2, 0) is 28.5 Å². The summed E-state index contributed by atoms with van der Waals surface area (Å²) in [6.45, 7) is 0. The molecule has 8 nitrogen and oxygen atoms in total. The molecular formula is C11H20O8. The van der Waals surface area contributed by atoms with E-state index in [4.69, 9.17) is 18.9 Å². The molecule has 0 aromatic carbocycles. The molecule has 0 saturated heterocycles. The first-order chi connectivity index (χ1) is 8.87. The summed E-state index contributed by atoms with van der Waals surface area (Å²) in [4.78, 5) is 22.8. The highest BCUT2D eigenvalue weighted by Crippen LogP contribution is 2.33. The van der Waals surface area contributed by atoms with Crippen LogP contribution in [-0.4, -0.2) is 63.2 Å². The highest BCUT2D eigenvalue weighted by molar-refractivity contribution is 5.98. The Labute approximate surface area is 111 Å². The van der Waals surface area contributed by atoms with Crippen molar-refractivity contribution in [2.24, 2.45) is 5.41 Å². The fourth-order valence-corrected chi connectivity index (χ4v) is 1.62. The predicted octanol–water partition coefficient (Wildman–Crippen LogP) is 0.160. The number of hydrogen-bond donors (Lipinski definition) is 2. The first kappa shape index (κ1) is 17.8. The maximum atomic E-state index is 11.4. The van der Waals surface area contributed by atoms with E-state index in [0.29, 0.717) is 0 Å². The Kier molecular flexibility index (Phi) is 7.53. The van der Waals surface area contributed by atoms with Crippen LogP contribution in [0.15, 0.2) is 0 Å². The average Bonchev–Trinajstić information content (AvgIpc) is 2.39. The van der Waals surface area contributed by atoms with Gasteiger partial charge in [-0.2, -0.15) is 0 Å². The molecule has 2 N–H and O–H groups in total. The van der Waals surface area contributed by atoms with Gasteiger partial charge >= 0.3 is 11.9 Å². The van der Waals surface area contributed by atoms with Gasteiger partial charge in [-0.25, -0.2) is 0 Å². The number of rotatable bonds is 10. The minimum atomic E-state index is -2.12. The molecule has 0 saturated carbocycles. The normalized spacial score (nSPS) is 12.1. The third kappa shape index (κ3) is 4.43. The number of carboxylic acids is 2. The monoisotopic (exact) mass is 280 g/mol. The summed E-state index contributed by atoms with van der Waals surface area (Å²) in [6.07, 6.45) is -2.65. The van der Waals surface area contributed by atoms with Crippen molar-refractivity contribution in [2.75, 3.05) is 28.4 Å². The maximum absolute atomic E-state index is 11.4. The van der Waals surface area contributed by atoms with Gasteiger partial charge in [0.15, 0.2) is 18.0 Å². The Bertz CT molecular complexity index is 265. The third-order valence-corrected chi connectivity index (χ3v) is 2.90. The molecule has 19 heavy (non-hydrogen) atoms. The fourth-order valence-electron chi connectivity index (χ4n) is 1.62. The lowest BCUT2D eigenvalue weighted by Gasteiger charge is -2.30. The summed E-state index contributed by atoms with van der Waals surface area (Å²) in [5.74, 6) is -3.00. The molecule has 0 aliphatic heterocycles. The van der Waals surface area contributed by atoms with Crippen molar-refractivity contribution in [2.45, 2.75) is 25.4 Å². The van der Waals surface area contributed by atoms with E-state index in [1.807, 2.05) is 0 Å². The molecule has 0 bridgehead atoms. The zero-order valence-corrected chi connectivity index (χ0v) is 11.4. The van der Waals surface area contributed by atoms with Crippen molar-refractivity contribution in [3.05, 3.63) is 0 Å². The molecule has 0 heterocycles. The average molecular weight is 280 g/mol. The molecule has 0 aromatic heterocycles. The van der Waals surface area contributed by atoms with Crippen molar-refractivity contribution in [1.29, 1.82) is 0 Å². The Hall–Kier alpha value is -1.22. The van der Waals surface area contributed by atoms with Gasteiger partial charge in [0, 0.05) is 41.3 Å². The van der Waals surface area contributed by atoms with Gasteiger partial charge in [0.25, 0.3) is 0 Å².